The van der Waals surface area contributed by atoms with Crippen molar-refractivity contribution in [2.24, 2.45) is 11.8 Å². The molecule has 0 aliphatic rings. The Balaban J connectivity index is 2.91. The summed E-state index contributed by atoms with van der Waals surface area (Å²) in [6.45, 7) is 10.3. The number of hydrogen-bond donors (Lipinski definition) is 0. The summed E-state index contributed by atoms with van der Waals surface area (Å²) in [6, 6.07) is 0. The Kier molecular flexibility index (Phi) is 8.00. The van der Waals surface area contributed by atoms with E-state index < -0.39 is 24.1 Å². The van der Waals surface area contributed by atoms with Crippen LogP contribution in [-0.4, -0.2) is 13.2 Å². The average molecular weight is 237 g/mol. The quantitative estimate of drug-likeness (QED) is 0.660. The normalized spacial score (nSPS) is 11.1. The first kappa shape index (κ1) is 11.8. The molecule has 0 bridgehead atoms. The minimum atomic E-state index is -0.924. The third-order valence-corrected chi connectivity index (χ3v) is 2.35. The Morgan fingerprint density at radius 1 is 0.909 bits per heavy atom. The van der Waals surface area contributed by atoms with Gasteiger partial charge in [0.25, 0.3) is 0 Å². The van der Waals surface area contributed by atoms with Crippen LogP contribution < -0.4 is 0 Å². The van der Waals surface area contributed by atoms with Crippen LogP contribution in [0.25, 0.3) is 0 Å². The first-order chi connectivity index (χ1) is 5.13. The van der Waals surface area contributed by atoms with Gasteiger partial charge in [0.2, 0.25) is 0 Å². The fourth-order valence-electron chi connectivity index (χ4n) is 0.443. The molecule has 0 aromatic carbocycles. The molecule has 0 fully saturated rings. The molecule has 0 unspecified atom stereocenters. The molecule has 2 nitrogen and oxygen atoms in total. The summed E-state index contributed by atoms with van der Waals surface area (Å²) in [6.07, 6.45) is 0. The van der Waals surface area contributed by atoms with Gasteiger partial charge < -0.3 is 0 Å². The maximum absolute atomic E-state index is 5.39. The summed E-state index contributed by atoms with van der Waals surface area (Å²) in [4.78, 5) is 0. The van der Waals surface area contributed by atoms with Gasteiger partial charge in [-0.1, -0.05) is 0 Å². The summed E-state index contributed by atoms with van der Waals surface area (Å²) < 4.78 is 10.8. The molecule has 0 atom stereocenters. The summed E-state index contributed by atoms with van der Waals surface area (Å²) in [5.74, 6) is 1.28. The van der Waals surface area contributed by atoms with Gasteiger partial charge in [-0.25, -0.2) is 0 Å². The fourth-order valence-corrected chi connectivity index (χ4v) is 2.62. The van der Waals surface area contributed by atoms with Gasteiger partial charge in [-0.2, -0.15) is 0 Å². The SMILES string of the molecule is CC(C)C[O][Zr][O]CC(C)C. The van der Waals surface area contributed by atoms with Crippen LogP contribution in [0.4, 0.5) is 0 Å². The second-order valence-electron chi connectivity index (χ2n) is 3.49. The van der Waals surface area contributed by atoms with Crippen LogP contribution in [0.3, 0.4) is 0 Å². The number of rotatable bonds is 6. The van der Waals surface area contributed by atoms with Gasteiger partial charge >= 0.3 is 82.5 Å². The molecule has 0 heterocycles. The molecule has 0 N–H and O–H groups in total. The first-order valence-corrected chi connectivity index (χ1v) is 6.12. The monoisotopic (exact) mass is 236 g/mol. The fraction of sp³-hybridized carbons (Fsp3) is 1.00. The first-order valence-electron chi connectivity index (χ1n) is 4.11. The predicted octanol–water partition coefficient (Wildman–Crippen LogP) is 2.24. The van der Waals surface area contributed by atoms with E-state index in [1.807, 2.05) is 0 Å². The standard InChI is InChI=1S/2C4H9O.Zr/c2*1-4(2)3-5;/h2*4H,3H2,1-2H3;/q2*-1;+2. The van der Waals surface area contributed by atoms with Crippen molar-refractivity contribution in [1.29, 1.82) is 0 Å². The summed E-state index contributed by atoms with van der Waals surface area (Å²) >= 11 is -0.924. The molecule has 3 heteroatoms. The topological polar surface area (TPSA) is 18.5 Å². The Labute approximate surface area is 82.5 Å². The Hall–Kier alpha value is 0.803. The summed E-state index contributed by atoms with van der Waals surface area (Å²) in [7, 11) is 0. The third-order valence-electron chi connectivity index (χ3n) is 0.951. The third kappa shape index (κ3) is 10.8. The summed E-state index contributed by atoms with van der Waals surface area (Å²) in [5, 5.41) is 0. The maximum atomic E-state index is 5.39. The van der Waals surface area contributed by atoms with E-state index in [1.54, 1.807) is 0 Å². The van der Waals surface area contributed by atoms with E-state index in [-0.39, 0.29) is 0 Å². The molecular formula is C8H18O2Zr. The van der Waals surface area contributed by atoms with E-state index in [2.05, 4.69) is 27.7 Å². The molecule has 0 aromatic heterocycles. The molecule has 11 heavy (non-hydrogen) atoms. The van der Waals surface area contributed by atoms with Crippen molar-refractivity contribution >= 4 is 0 Å². The molecule has 0 spiro atoms. The molecule has 0 amide bonds. The molecular weight excluding hydrogens is 219 g/mol. The molecule has 0 saturated carbocycles. The van der Waals surface area contributed by atoms with E-state index in [0.29, 0.717) is 11.8 Å². The van der Waals surface area contributed by atoms with Crippen LogP contribution in [0, 0.1) is 11.8 Å². The van der Waals surface area contributed by atoms with Crippen molar-refractivity contribution in [3.05, 3.63) is 0 Å². The number of hydrogen-bond acceptors (Lipinski definition) is 2. The van der Waals surface area contributed by atoms with Crippen LogP contribution in [0.15, 0.2) is 0 Å². The van der Waals surface area contributed by atoms with Crippen molar-refractivity contribution in [3.8, 4) is 0 Å². The molecule has 0 saturated heterocycles. The van der Waals surface area contributed by atoms with Gasteiger partial charge in [-0.05, 0) is 0 Å². The van der Waals surface area contributed by atoms with Gasteiger partial charge in [-0.15, -0.1) is 0 Å². The zero-order valence-electron chi connectivity index (χ0n) is 7.89. The minimum absolute atomic E-state index is 0.638. The summed E-state index contributed by atoms with van der Waals surface area (Å²) in [5.41, 5.74) is 0. The van der Waals surface area contributed by atoms with Gasteiger partial charge in [0.15, 0.2) is 0 Å². The van der Waals surface area contributed by atoms with Crippen molar-refractivity contribution in [2.75, 3.05) is 13.2 Å². The van der Waals surface area contributed by atoms with Crippen LogP contribution in [-0.2, 0) is 29.7 Å². The molecule has 0 radical (unpaired) electrons. The van der Waals surface area contributed by atoms with E-state index in [0.717, 1.165) is 13.2 Å². The molecule has 0 aromatic rings. The van der Waals surface area contributed by atoms with Gasteiger partial charge in [0, 0.05) is 0 Å². The van der Waals surface area contributed by atoms with E-state index >= 15 is 0 Å². The molecule has 0 aliphatic heterocycles. The van der Waals surface area contributed by atoms with E-state index in [1.165, 1.54) is 0 Å². The second-order valence-corrected chi connectivity index (χ2v) is 5.32. The van der Waals surface area contributed by atoms with E-state index in [4.69, 9.17) is 5.63 Å². The Morgan fingerprint density at radius 2 is 1.27 bits per heavy atom. The van der Waals surface area contributed by atoms with Crippen LogP contribution in [0.1, 0.15) is 27.7 Å². The van der Waals surface area contributed by atoms with Crippen molar-refractivity contribution in [1.82, 2.24) is 0 Å². The zero-order chi connectivity index (χ0) is 8.69. The van der Waals surface area contributed by atoms with Gasteiger partial charge in [0.05, 0.1) is 0 Å². The van der Waals surface area contributed by atoms with Gasteiger partial charge in [0.1, 0.15) is 0 Å². The molecule has 0 aliphatic carbocycles. The van der Waals surface area contributed by atoms with Crippen molar-refractivity contribution in [3.63, 3.8) is 0 Å². The Bertz CT molecular complexity index is 74.2. The van der Waals surface area contributed by atoms with Crippen molar-refractivity contribution < 1.29 is 29.7 Å². The van der Waals surface area contributed by atoms with E-state index in [9.17, 15) is 0 Å². The van der Waals surface area contributed by atoms with Crippen LogP contribution in [0.5, 0.6) is 0 Å². The molecule has 0 rings (SSSR count). The molecule has 66 valence electrons. The van der Waals surface area contributed by atoms with Gasteiger partial charge in [-0.3, -0.25) is 0 Å². The van der Waals surface area contributed by atoms with Crippen molar-refractivity contribution in [2.45, 2.75) is 27.7 Å². The van der Waals surface area contributed by atoms with Crippen LogP contribution >= 0.6 is 0 Å². The average Bonchev–Trinajstić information content (AvgIpc) is 1.85. The zero-order valence-corrected chi connectivity index (χ0v) is 10.3. The Morgan fingerprint density at radius 3 is 1.55 bits per heavy atom. The predicted molar refractivity (Wildman–Crippen MR) is 41.6 cm³/mol. The van der Waals surface area contributed by atoms with Crippen LogP contribution in [0.2, 0.25) is 0 Å². The second kappa shape index (κ2) is 7.45.